The highest BCUT2D eigenvalue weighted by atomic mass is 32.1. The summed E-state index contributed by atoms with van der Waals surface area (Å²) in [4.78, 5) is 29.2. The number of nitrogens with one attached hydrogen (secondary N) is 3. The van der Waals surface area contributed by atoms with E-state index in [1.54, 1.807) is 11.3 Å². The zero-order chi connectivity index (χ0) is 19.1. The van der Waals surface area contributed by atoms with Crippen LogP contribution in [0.25, 0.3) is 0 Å². The molecular weight excluding hydrogens is 360 g/mol. The molecule has 7 heteroatoms. The molecule has 0 aliphatic carbocycles. The molecule has 0 bridgehead atoms. The summed E-state index contributed by atoms with van der Waals surface area (Å²) in [5.41, 5.74) is 0. The Bertz CT molecular complexity index is 627. The second-order valence-electron chi connectivity index (χ2n) is 7.64. The van der Waals surface area contributed by atoms with Gasteiger partial charge in [0.1, 0.15) is 0 Å². The van der Waals surface area contributed by atoms with Crippen LogP contribution in [0, 0.1) is 5.92 Å². The number of carbonyl (C=O) groups excluding carboxylic acids is 2. The molecule has 0 aromatic carbocycles. The van der Waals surface area contributed by atoms with E-state index < -0.39 is 0 Å². The lowest BCUT2D eigenvalue weighted by atomic mass is 9.98. The minimum Gasteiger partial charge on any atom is -0.354 e. The van der Waals surface area contributed by atoms with Gasteiger partial charge in [-0.1, -0.05) is 6.92 Å². The lowest BCUT2D eigenvalue weighted by molar-refractivity contribution is -0.124. The second-order valence-corrected chi connectivity index (χ2v) is 8.89. The van der Waals surface area contributed by atoms with Crippen molar-refractivity contribution in [3.05, 3.63) is 21.9 Å². The maximum Gasteiger partial charge on any atom is 0.237 e. The molecule has 6 nitrogen and oxygen atoms in total. The molecule has 3 rings (SSSR count). The van der Waals surface area contributed by atoms with Crippen LogP contribution in [0.3, 0.4) is 0 Å². The summed E-state index contributed by atoms with van der Waals surface area (Å²) >= 11 is 1.77. The van der Waals surface area contributed by atoms with Crippen LogP contribution in [-0.2, 0) is 22.6 Å². The molecule has 150 valence electrons. The summed E-state index contributed by atoms with van der Waals surface area (Å²) in [6.07, 6.45) is 5.26. The Morgan fingerprint density at radius 1 is 1.22 bits per heavy atom. The fraction of sp³-hybridized carbons (Fsp3) is 0.700. The highest BCUT2D eigenvalue weighted by Gasteiger charge is 2.25. The van der Waals surface area contributed by atoms with Crippen LogP contribution < -0.4 is 16.0 Å². The summed E-state index contributed by atoms with van der Waals surface area (Å²) in [6, 6.07) is 4.22. The van der Waals surface area contributed by atoms with Crippen LogP contribution in [0.15, 0.2) is 12.1 Å². The van der Waals surface area contributed by atoms with Crippen LogP contribution in [0.2, 0.25) is 0 Å². The van der Waals surface area contributed by atoms with Gasteiger partial charge in [-0.2, -0.15) is 0 Å². The Morgan fingerprint density at radius 3 is 2.81 bits per heavy atom. The Hall–Kier alpha value is -1.44. The van der Waals surface area contributed by atoms with Gasteiger partial charge in [0.15, 0.2) is 0 Å². The first-order chi connectivity index (χ1) is 13.1. The number of rotatable bonds is 8. The summed E-state index contributed by atoms with van der Waals surface area (Å²) in [5, 5.41) is 9.37. The van der Waals surface area contributed by atoms with Gasteiger partial charge in [0.2, 0.25) is 11.8 Å². The molecule has 2 fully saturated rings. The lowest BCUT2D eigenvalue weighted by Gasteiger charge is -2.32. The van der Waals surface area contributed by atoms with Gasteiger partial charge in [-0.15, -0.1) is 11.3 Å². The van der Waals surface area contributed by atoms with E-state index >= 15 is 0 Å². The highest BCUT2D eigenvalue weighted by Crippen LogP contribution is 2.17. The number of hydrogen-bond donors (Lipinski definition) is 3. The van der Waals surface area contributed by atoms with E-state index in [0.29, 0.717) is 25.6 Å². The van der Waals surface area contributed by atoms with Crippen molar-refractivity contribution in [3.8, 4) is 0 Å². The first-order valence-corrected chi connectivity index (χ1v) is 11.0. The number of piperidine rings is 1. The van der Waals surface area contributed by atoms with Crippen molar-refractivity contribution in [2.24, 2.45) is 5.92 Å². The van der Waals surface area contributed by atoms with E-state index in [1.807, 2.05) is 0 Å². The van der Waals surface area contributed by atoms with Crippen LogP contribution in [0.4, 0.5) is 0 Å². The first-order valence-electron chi connectivity index (χ1n) is 10.2. The van der Waals surface area contributed by atoms with Crippen molar-refractivity contribution in [1.82, 2.24) is 20.9 Å². The standard InChI is InChI=1S/C20H32N4O2S/c1-2-16-7-8-17(27-16)12-22-19(25)14-24-10-4-5-15(13-24)11-23-20(26)18-6-3-9-21-18/h7-8,15,18,21H,2-6,9-14H2,1H3,(H,22,25)(H,23,26). The van der Waals surface area contributed by atoms with Crippen molar-refractivity contribution in [3.63, 3.8) is 0 Å². The van der Waals surface area contributed by atoms with E-state index in [9.17, 15) is 9.59 Å². The quantitative estimate of drug-likeness (QED) is 0.627. The zero-order valence-electron chi connectivity index (χ0n) is 16.3. The third kappa shape index (κ3) is 6.30. The molecule has 2 atom stereocenters. The van der Waals surface area contributed by atoms with Crippen molar-refractivity contribution in [2.75, 3.05) is 32.7 Å². The Labute approximate surface area is 166 Å². The molecule has 0 spiro atoms. The molecule has 27 heavy (non-hydrogen) atoms. The van der Waals surface area contributed by atoms with Crippen molar-refractivity contribution in [2.45, 2.75) is 51.6 Å². The van der Waals surface area contributed by atoms with Crippen LogP contribution in [0.5, 0.6) is 0 Å². The molecule has 2 aliphatic rings. The Balaban J connectivity index is 1.35. The molecule has 2 amide bonds. The normalized spacial score (nSPS) is 23.3. The molecule has 0 saturated carbocycles. The maximum absolute atomic E-state index is 12.3. The van der Waals surface area contributed by atoms with E-state index in [4.69, 9.17) is 0 Å². The third-order valence-corrected chi connectivity index (χ3v) is 6.67. The number of likely N-dealkylation sites (tertiary alicyclic amines) is 1. The Kier molecular flexibility index (Phi) is 7.67. The molecule has 1 aromatic heterocycles. The predicted octanol–water partition coefficient (Wildman–Crippen LogP) is 1.51. The number of hydrogen-bond acceptors (Lipinski definition) is 5. The second kappa shape index (κ2) is 10.2. The molecule has 1 aromatic rings. The van der Waals surface area contributed by atoms with Gasteiger partial charge in [0, 0.05) is 22.8 Å². The fourth-order valence-electron chi connectivity index (χ4n) is 3.89. The van der Waals surface area contributed by atoms with Gasteiger partial charge in [-0.3, -0.25) is 14.5 Å². The number of amides is 2. The summed E-state index contributed by atoms with van der Waals surface area (Å²) in [6.45, 7) is 6.70. The van der Waals surface area contributed by atoms with E-state index in [2.05, 4.69) is 39.9 Å². The third-order valence-electron chi connectivity index (χ3n) is 5.44. The number of aryl methyl sites for hydroxylation is 1. The average molecular weight is 393 g/mol. The van der Waals surface area contributed by atoms with Gasteiger partial charge < -0.3 is 16.0 Å². The minimum absolute atomic E-state index is 0.0130. The molecule has 3 heterocycles. The van der Waals surface area contributed by atoms with Crippen molar-refractivity contribution < 1.29 is 9.59 Å². The topological polar surface area (TPSA) is 73.5 Å². The fourth-order valence-corrected chi connectivity index (χ4v) is 4.79. The largest absolute Gasteiger partial charge is 0.354 e. The lowest BCUT2D eigenvalue weighted by Crippen LogP contribution is -2.47. The van der Waals surface area contributed by atoms with Crippen molar-refractivity contribution in [1.29, 1.82) is 0 Å². The zero-order valence-corrected chi connectivity index (χ0v) is 17.1. The van der Waals surface area contributed by atoms with Crippen LogP contribution in [-0.4, -0.2) is 55.5 Å². The highest BCUT2D eigenvalue weighted by molar-refractivity contribution is 7.11. The monoisotopic (exact) mass is 392 g/mol. The minimum atomic E-state index is -0.0130. The number of carbonyl (C=O) groups is 2. The summed E-state index contributed by atoms with van der Waals surface area (Å²) in [7, 11) is 0. The SMILES string of the molecule is CCc1ccc(CNC(=O)CN2CCCC(CNC(=O)C3CCCN3)C2)s1. The molecule has 2 saturated heterocycles. The molecule has 2 unspecified atom stereocenters. The molecule has 3 N–H and O–H groups in total. The summed E-state index contributed by atoms with van der Waals surface area (Å²) in [5.74, 6) is 0.646. The molecule has 2 aliphatic heterocycles. The summed E-state index contributed by atoms with van der Waals surface area (Å²) < 4.78 is 0. The van der Waals surface area contributed by atoms with E-state index in [-0.39, 0.29) is 17.9 Å². The number of nitrogens with zero attached hydrogens (tertiary/aromatic N) is 1. The van der Waals surface area contributed by atoms with Crippen LogP contribution >= 0.6 is 11.3 Å². The smallest absolute Gasteiger partial charge is 0.237 e. The van der Waals surface area contributed by atoms with Gasteiger partial charge in [0.05, 0.1) is 19.1 Å². The average Bonchev–Trinajstić information content (AvgIpc) is 3.36. The van der Waals surface area contributed by atoms with Crippen LogP contribution in [0.1, 0.15) is 42.4 Å². The van der Waals surface area contributed by atoms with Gasteiger partial charge in [0.25, 0.3) is 0 Å². The van der Waals surface area contributed by atoms with E-state index in [1.165, 1.54) is 9.75 Å². The number of thiophene rings is 1. The van der Waals surface area contributed by atoms with Crippen molar-refractivity contribution >= 4 is 23.2 Å². The van der Waals surface area contributed by atoms with E-state index in [0.717, 1.165) is 51.7 Å². The predicted molar refractivity (Wildman–Crippen MR) is 109 cm³/mol. The first kappa shape index (κ1) is 20.3. The van der Waals surface area contributed by atoms with Gasteiger partial charge >= 0.3 is 0 Å². The molecule has 0 radical (unpaired) electrons. The maximum atomic E-state index is 12.3. The Morgan fingerprint density at radius 2 is 2.07 bits per heavy atom. The molecular formula is C20H32N4O2S. The van der Waals surface area contributed by atoms with Gasteiger partial charge in [-0.05, 0) is 63.2 Å². The van der Waals surface area contributed by atoms with Gasteiger partial charge in [-0.25, -0.2) is 0 Å².